The van der Waals surface area contributed by atoms with Crippen molar-refractivity contribution in [3.8, 4) is 5.75 Å². The molecule has 1 N–H and O–H groups in total. The number of likely N-dealkylation sites (tertiary alicyclic amines) is 1. The van der Waals surface area contributed by atoms with Gasteiger partial charge in [-0.1, -0.05) is 30.3 Å². The van der Waals surface area contributed by atoms with Gasteiger partial charge in [-0.3, -0.25) is 14.5 Å². The van der Waals surface area contributed by atoms with Crippen LogP contribution in [0.4, 0.5) is 4.39 Å². The van der Waals surface area contributed by atoms with Crippen LogP contribution in [0.25, 0.3) is 5.57 Å². The molecule has 0 bridgehead atoms. The molecule has 1 saturated heterocycles. The molecule has 7 heteroatoms. The smallest absolute Gasteiger partial charge is 0.278 e. The zero-order valence-corrected chi connectivity index (χ0v) is 18.1. The summed E-state index contributed by atoms with van der Waals surface area (Å²) in [6, 6.07) is 13.2. The lowest BCUT2D eigenvalue weighted by atomic mass is 9.97. The van der Waals surface area contributed by atoms with Crippen LogP contribution in [0.1, 0.15) is 30.9 Å². The summed E-state index contributed by atoms with van der Waals surface area (Å²) in [5.74, 6) is -0.607. The average molecular weight is 438 g/mol. The monoisotopic (exact) mass is 438 g/mol. The number of carbonyl (C=O) groups is 2. The number of carbonyl (C=O) groups excluding carboxylic acids is 2. The van der Waals surface area contributed by atoms with E-state index < -0.39 is 17.6 Å². The fraction of sp³-hybridized carbons (Fsp3) is 0.360. The summed E-state index contributed by atoms with van der Waals surface area (Å²) in [5.41, 5.74) is 1.54. The largest absolute Gasteiger partial charge is 0.494 e. The molecule has 2 aliphatic heterocycles. The van der Waals surface area contributed by atoms with E-state index >= 15 is 0 Å². The Hall–Kier alpha value is -3.19. The Kier molecular flexibility index (Phi) is 6.55. The van der Waals surface area contributed by atoms with E-state index in [9.17, 15) is 19.1 Å². The van der Waals surface area contributed by atoms with Crippen molar-refractivity contribution in [1.29, 1.82) is 0 Å². The highest BCUT2D eigenvalue weighted by molar-refractivity contribution is 6.35. The van der Waals surface area contributed by atoms with Crippen LogP contribution < -0.4 is 4.74 Å². The van der Waals surface area contributed by atoms with Gasteiger partial charge in [0, 0.05) is 25.3 Å². The van der Waals surface area contributed by atoms with Crippen molar-refractivity contribution in [2.45, 2.75) is 26.3 Å². The molecule has 6 nitrogen and oxygen atoms in total. The van der Waals surface area contributed by atoms with Gasteiger partial charge in [-0.05, 0) is 49.4 Å². The predicted octanol–water partition coefficient (Wildman–Crippen LogP) is 3.21. The molecule has 1 atom stereocenters. The number of nitrogens with zero attached hydrogens (tertiary/aromatic N) is 2. The molecule has 0 radical (unpaired) electrons. The fourth-order valence-corrected chi connectivity index (χ4v) is 4.36. The summed E-state index contributed by atoms with van der Waals surface area (Å²) in [6.07, 6.45) is 1.69. The first kappa shape index (κ1) is 22.0. The minimum Gasteiger partial charge on any atom is -0.494 e. The van der Waals surface area contributed by atoms with E-state index in [0.29, 0.717) is 42.3 Å². The Morgan fingerprint density at radius 3 is 2.53 bits per heavy atom. The van der Waals surface area contributed by atoms with E-state index in [-0.39, 0.29) is 24.6 Å². The molecular formula is C25H27FN2O4. The number of hydrogen-bond donors (Lipinski definition) is 1. The summed E-state index contributed by atoms with van der Waals surface area (Å²) >= 11 is 0. The zero-order chi connectivity index (χ0) is 22.7. The molecule has 2 amide bonds. The fourth-order valence-electron chi connectivity index (χ4n) is 4.36. The molecule has 0 spiro atoms. The number of benzene rings is 2. The van der Waals surface area contributed by atoms with Gasteiger partial charge in [-0.2, -0.15) is 0 Å². The molecule has 168 valence electrons. The predicted molar refractivity (Wildman–Crippen MR) is 118 cm³/mol. The van der Waals surface area contributed by atoms with Crippen LogP contribution in [0.15, 0.2) is 54.2 Å². The first-order chi connectivity index (χ1) is 15.5. The standard InChI is InChI=1S/C25H27FN2O4/c1-2-32-20-11-9-18(10-12-20)22-23(27-13-5-6-17(14-27)16-29)25(31)28(24(22)30)15-19-7-3-4-8-21(19)26/h3-4,7-12,17,29H,2,5-6,13-16H2,1H3. The summed E-state index contributed by atoms with van der Waals surface area (Å²) < 4.78 is 19.8. The molecule has 0 saturated carbocycles. The van der Waals surface area contributed by atoms with E-state index in [2.05, 4.69) is 0 Å². The van der Waals surface area contributed by atoms with E-state index in [1.54, 1.807) is 42.5 Å². The lowest BCUT2D eigenvalue weighted by molar-refractivity contribution is -0.138. The van der Waals surface area contributed by atoms with Crippen molar-refractivity contribution in [3.63, 3.8) is 0 Å². The molecule has 2 aromatic rings. The topological polar surface area (TPSA) is 70.1 Å². The molecule has 2 heterocycles. The number of aliphatic hydroxyl groups excluding tert-OH is 1. The summed E-state index contributed by atoms with van der Waals surface area (Å²) in [6.45, 7) is 3.44. The Bertz CT molecular complexity index is 1030. The second-order valence-corrected chi connectivity index (χ2v) is 8.11. The lowest BCUT2D eigenvalue weighted by Gasteiger charge is -2.34. The van der Waals surface area contributed by atoms with E-state index in [1.807, 2.05) is 11.8 Å². The minimum absolute atomic E-state index is 0.0310. The van der Waals surface area contributed by atoms with Gasteiger partial charge in [0.05, 0.1) is 18.7 Å². The van der Waals surface area contributed by atoms with Crippen molar-refractivity contribution in [2.24, 2.45) is 5.92 Å². The summed E-state index contributed by atoms with van der Waals surface area (Å²) in [5, 5.41) is 9.65. The number of hydrogen-bond acceptors (Lipinski definition) is 5. The van der Waals surface area contributed by atoms with Crippen LogP contribution in [-0.4, -0.2) is 53.0 Å². The van der Waals surface area contributed by atoms with Crippen LogP contribution >= 0.6 is 0 Å². The van der Waals surface area contributed by atoms with Gasteiger partial charge in [0.15, 0.2) is 0 Å². The molecule has 0 aromatic heterocycles. The number of amides is 2. The maximum absolute atomic E-state index is 14.3. The first-order valence-corrected chi connectivity index (χ1v) is 11.0. The maximum Gasteiger partial charge on any atom is 0.278 e. The van der Waals surface area contributed by atoms with Gasteiger partial charge in [-0.15, -0.1) is 0 Å². The molecular weight excluding hydrogens is 411 g/mol. The van der Waals surface area contributed by atoms with Crippen LogP contribution in [0, 0.1) is 11.7 Å². The van der Waals surface area contributed by atoms with Gasteiger partial charge in [0.1, 0.15) is 17.3 Å². The molecule has 1 fully saturated rings. The number of rotatable bonds is 7. The van der Waals surface area contributed by atoms with Crippen molar-refractivity contribution < 1.29 is 23.8 Å². The number of piperidine rings is 1. The third-order valence-corrected chi connectivity index (χ3v) is 5.98. The van der Waals surface area contributed by atoms with Gasteiger partial charge in [0.25, 0.3) is 11.8 Å². The molecule has 0 aliphatic carbocycles. The van der Waals surface area contributed by atoms with Crippen LogP contribution in [0.3, 0.4) is 0 Å². The lowest BCUT2D eigenvalue weighted by Crippen LogP contribution is -2.40. The quantitative estimate of drug-likeness (QED) is 0.673. The van der Waals surface area contributed by atoms with Crippen molar-refractivity contribution >= 4 is 17.4 Å². The van der Waals surface area contributed by atoms with E-state index in [0.717, 1.165) is 17.7 Å². The summed E-state index contributed by atoms with van der Waals surface area (Å²) in [7, 11) is 0. The third-order valence-electron chi connectivity index (χ3n) is 5.98. The highest BCUT2D eigenvalue weighted by Crippen LogP contribution is 2.35. The third kappa shape index (κ3) is 4.25. The van der Waals surface area contributed by atoms with Gasteiger partial charge >= 0.3 is 0 Å². The Morgan fingerprint density at radius 2 is 1.84 bits per heavy atom. The van der Waals surface area contributed by atoms with Gasteiger partial charge < -0.3 is 14.7 Å². The highest BCUT2D eigenvalue weighted by Gasteiger charge is 2.42. The number of aliphatic hydroxyl groups is 1. The average Bonchev–Trinajstić information content (AvgIpc) is 3.06. The second-order valence-electron chi connectivity index (χ2n) is 8.11. The van der Waals surface area contributed by atoms with Crippen LogP contribution in [0.2, 0.25) is 0 Å². The Morgan fingerprint density at radius 1 is 1.09 bits per heavy atom. The maximum atomic E-state index is 14.3. The van der Waals surface area contributed by atoms with Crippen molar-refractivity contribution in [3.05, 3.63) is 71.2 Å². The van der Waals surface area contributed by atoms with Gasteiger partial charge in [0.2, 0.25) is 0 Å². The SMILES string of the molecule is CCOc1ccc(C2=C(N3CCCC(CO)C3)C(=O)N(Cc3ccccc3F)C2=O)cc1. The van der Waals surface area contributed by atoms with Crippen LogP contribution in [0.5, 0.6) is 5.75 Å². The zero-order valence-electron chi connectivity index (χ0n) is 18.1. The second kappa shape index (κ2) is 9.53. The minimum atomic E-state index is -0.456. The Labute approximate surface area is 186 Å². The number of halogens is 1. The number of imide groups is 1. The highest BCUT2D eigenvalue weighted by atomic mass is 19.1. The molecule has 2 aliphatic rings. The molecule has 1 unspecified atom stereocenters. The number of ether oxygens (including phenoxy) is 1. The normalized spacial score (nSPS) is 19.2. The van der Waals surface area contributed by atoms with Gasteiger partial charge in [-0.25, -0.2) is 4.39 Å². The van der Waals surface area contributed by atoms with Crippen molar-refractivity contribution in [1.82, 2.24) is 9.80 Å². The van der Waals surface area contributed by atoms with E-state index in [4.69, 9.17) is 4.74 Å². The van der Waals surface area contributed by atoms with Crippen molar-refractivity contribution in [2.75, 3.05) is 26.3 Å². The molecule has 2 aromatic carbocycles. The first-order valence-electron chi connectivity index (χ1n) is 11.0. The van der Waals surface area contributed by atoms with E-state index in [1.165, 1.54) is 6.07 Å². The van der Waals surface area contributed by atoms with Crippen LogP contribution in [-0.2, 0) is 16.1 Å². The summed E-state index contributed by atoms with van der Waals surface area (Å²) in [4.78, 5) is 30.0. The Balaban J connectivity index is 1.72. The molecule has 32 heavy (non-hydrogen) atoms. The molecule has 4 rings (SSSR count).